The summed E-state index contributed by atoms with van der Waals surface area (Å²) in [5.41, 5.74) is 0. The third kappa shape index (κ3) is 4.36. The van der Waals surface area contributed by atoms with Crippen LogP contribution >= 0.6 is 11.6 Å². The highest BCUT2D eigenvalue weighted by molar-refractivity contribution is 6.18. The molecular weight excluding hydrogens is 216 g/mol. The van der Waals surface area contributed by atoms with E-state index in [2.05, 4.69) is 4.90 Å². The molecule has 1 N–H and O–H groups in total. The van der Waals surface area contributed by atoms with Crippen LogP contribution in [0.4, 0.5) is 0 Å². The zero-order valence-corrected chi connectivity index (χ0v) is 9.91. The molecule has 1 fully saturated rings. The number of alkyl halides is 1. The minimum atomic E-state index is -0.462. The summed E-state index contributed by atoms with van der Waals surface area (Å²) >= 11 is 5.55. The monoisotopic (exact) mass is 234 g/mol. The van der Waals surface area contributed by atoms with Gasteiger partial charge in [0.15, 0.2) is 0 Å². The summed E-state index contributed by atoms with van der Waals surface area (Å²) in [5, 5.41) is 9.42. The molecule has 4 nitrogen and oxygen atoms in total. The van der Waals surface area contributed by atoms with Gasteiger partial charge >= 0.3 is 0 Å². The van der Waals surface area contributed by atoms with E-state index in [0.717, 1.165) is 32.6 Å². The molecule has 0 radical (unpaired) electrons. The number of hydrogen-bond acceptors (Lipinski definition) is 3. The summed E-state index contributed by atoms with van der Waals surface area (Å²) < 4.78 is 0. The first-order valence-electron chi connectivity index (χ1n) is 5.35. The topological polar surface area (TPSA) is 43.8 Å². The SMILES string of the molecule is CC(=O)N1CCCN(CC(O)CCl)CC1. The van der Waals surface area contributed by atoms with Gasteiger partial charge in [-0.2, -0.15) is 0 Å². The lowest BCUT2D eigenvalue weighted by Gasteiger charge is -2.22. The van der Waals surface area contributed by atoms with Gasteiger partial charge in [0, 0.05) is 39.0 Å². The molecule has 1 heterocycles. The molecule has 0 aliphatic carbocycles. The number of amides is 1. The van der Waals surface area contributed by atoms with Crippen LogP contribution in [-0.4, -0.2) is 65.5 Å². The molecule has 15 heavy (non-hydrogen) atoms. The normalized spacial score (nSPS) is 21.1. The van der Waals surface area contributed by atoms with Crippen molar-refractivity contribution in [2.24, 2.45) is 0 Å². The molecule has 5 heteroatoms. The Kier molecular flexibility index (Phi) is 5.36. The molecule has 1 amide bonds. The average Bonchev–Trinajstić information content (AvgIpc) is 2.43. The van der Waals surface area contributed by atoms with Crippen molar-refractivity contribution in [2.45, 2.75) is 19.4 Å². The Morgan fingerprint density at radius 3 is 2.73 bits per heavy atom. The number of carbonyl (C=O) groups is 1. The first-order valence-corrected chi connectivity index (χ1v) is 5.89. The number of nitrogens with zero attached hydrogens (tertiary/aromatic N) is 2. The van der Waals surface area contributed by atoms with Gasteiger partial charge in [-0.15, -0.1) is 11.6 Å². The highest BCUT2D eigenvalue weighted by atomic mass is 35.5. The van der Waals surface area contributed by atoms with Crippen molar-refractivity contribution in [3.05, 3.63) is 0 Å². The molecule has 88 valence electrons. The second-order valence-electron chi connectivity index (χ2n) is 3.97. The fourth-order valence-corrected chi connectivity index (χ4v) is 1.91. The molecule has 0 spiro atoms. The summed E-state index contributed by atoms with van der Waals surface area (Å²) in [6.07, 6.45) is 0.504. The number of rotatable bonds is 3. The molecule has 0 saturated carbocycles. The van der Waals surface area contributed by atoms with Gasteiger partial charge in [0.25, 0.3) is 0 Å². The van der Waals surface area contributed by atoms with Gasteiger partial charge in [-0.05, 0) is 13.0 Å². The highest BCUT2D eigenvalue weighted by Crippen LogP contribution is 2.04. The zero-order valence-electron chi connectivity index (χ0n) is 9.15. The quantitative estimate of drug-likeness (QED) is 0.707. The fraction of sp³-hybridized carbons (Fsp3) is 0.900. The Morgan fingerprint density at radius 1 is 1.40 bits per heavy atom. The van der Waals surface area contributed by atoms with Crippen molar-refractivity contribution < 1.29 is 9.90 Å². The maximum Gasteiger partial charge on any atom is 0.219 e. The maximum absolute atomic E-state index is 11.2. The number of carbonyl (C=O) groups excluding carboxylic acids is 1. The molecule has 1 aliphatic heterocycles. The van der Waals surface area contributed by atoms with E-state index >= 15 is 0 Å². The second-order valence-corrected chi connectivity index (χ2v) is 4.28. The van der Waals surface area contributed by atoms with Gasteiger partial charge in [0.1, 0.15) is 0 Å². The van der Waals surface area contributed by atoms with E-state index in [1.807, 2.05) is 4.90 Å². The van der Waals surface area contributed by atoms with Crippen LogP contribution in [0.25, 0.3) is 0 Å². The van der Waals surface area contributed by atoms with E-state index in [4.69, 9.17) is 11.6 Å². The molecular formula is C10H19ClN2O2. The van der Waals surface area contributed by atoms with Gasteiger partial charge in [0.2, 0.25) is 5.91 Å². The standard InChI is InChI=1S/C10H19ClN2O2/c1-9(14)13-4-2-3-12(5-6-13)8-10(15)7-11/h10,15H,2-8H2,1H3. The Hall–Kier alpha value is -0.320. The van der Waals surface area contributed by atoms with Crippen LogP contribution in [0.3, 0.4) is 0 Å². The zero-order chi connectivity index (χ0) is 11.3. The lowest BCUT2D eigenvalue weighted by molar-refractivity contribution is -0.128. The van der Waals surface area contributed by atoms with Crippen LogP contribution in [-0.2, 0) is 4.79 Å². The lowest BCUT2D eigenvalue weighted by atomic mass is 10.3. The Labute approximate surface area is 95.8 Å². The highest BCUT2D eigenvalue weighted by Gasteiger charge is 2.17. The number of aliphatic hydroxyl groups excluding tert-OH is 1. The third-order valence-electron chi connectivity index (χ3n) is 2.68. The van der Waals surface area contributed by atoms with Crippen LogP contribution in [0, 0.1) is 0 Å². The van der Waals surface area contributed by atoms with E-state index < -0.39 is 6.10 Å². The van der Waals surface area contributed by atoms with E-state index in [1.54, 1.807) is 6.92 Å². The number of aliphatic hydroxyl groups is 1. The van der Waals surface area contributed by atoms with Gasteiger partial charge in [-0.25, -0.2) is 0 Å². The lowest BCUT2D eigenvalue weighted by Crippen LogP contribution is -2.37. The average molecular weight is 235 g/mol. The maximum atomic E-state index is 11.2. The molecule has 0 aromatic heterocycles. The Morgan fingerprint density at radius 2 is 2.13 bits per heavy atom. The van der Waals surface area contributed by atoms with Crippen molar-refractivity contribution >= 4 is 17.5 Å². The van der Waals surface area contributed by atoms with E-state index in [1.165, 1.54) is 0 Å². The molecule has 1 rings (SSSR count). The van der Waals surface area contributed by atoms with Crippen molar-refractivity contribution in [1.82, 2.24) is 9.80 Å². The molecule has 1 aliphatic rings. The Bertz CT molecular complexity index is 214. The molecule has 0 aromatic rings. The summed E-state index contributed by atoms with van der Waals surface area (Å²) in [5.74, 6) is 0.405. The van der Waals surface area contributed by atoms with Gasteiger partial charge in [-0.3, -0.25) is 9.69 Å². The van der Waals surface area contributed by atoms with Crippen LogP contribution in [0.1, 0.15) is 13.3 Å². The predicted octanol–water partition coefficient (Wildman–Crippen LogP) is 0.140. The Balaban J connectivity index is 2.35. The third-order valence-corrected chi connectivity index (χ3v) is 3.04. The van der Waals surface area contributed by atoms with Crippen LogP contribution in [0.2, 0.25) is 0 Å². The van der Waals surface area contributed by atoms with E-state index in [9.17, 15) is 9.90 Å². The predicted molar refractivity (Wildman–Crippen MR) is 60.0 cm³/mol. The summed E-state index contributed by atoms with van der Waals surface area (Å²) in [4.78, 5) is 15.2. The van der Waals surface area contributed by atoms with Crippen LogP contribution in [0.5, 0.6) is 0 Å². The first-order chi connectivity index (χ1) is 7.13. The molecule has 0 bridgehead atoms. The number of β-amino-alcohol motifs (C(OH)–C–C–N with tert-alkyl or cyclic N) is 1. The number of hydrogen-bond donors (Lipinski definition) is 1. The van der Waals surface area contributed by atoms with Crippen molar-refractivity contribution in [1.29, 1.82) is 0 Å². The summed E-state index contributed by atoms with van der Waals surface area (Å²) in [7, 11) is 0. The van der Waals surface area contributed by atoms with Crippen molar-refractivity contribution in [3.8, 4) is 0 Å². The first kappa shape index (κ1) is 12.7. The summed E-state index contributed by atoms with van der Waals surface area (Å²) in [6.45, 7) is 5.54. The van der Waals surface area contributed by atoms with Crippen molar-refractivity contribution in [3.63, 3.8) is 0 Å². The van der Waals surface area contributed by atoms with E-state index in [0.29, 0.717) is 6.54 Å². The van der Waals surface area contributed by atoms with E-state index in [-0.39, 0.29) is 11.8 Å². The minimum Gasteiger partial charge on any atom is -0.391 e. The fourth-order valence-electron chi connectivity index (χ4n) is 1.82. The molecule has 1 saturated heterocycles. The molecule has 0 aromatic carbocycles. The van der Waals surface area contributed by atoms with Gasteiger partial charge < -0.3 is 10.0 Å². The van der Waals surface area contributed by atoms with Crippen molar-refractivity contribution in [2.75, 3.05) is 38.6 Å². The smallest absolute Gasteiger partial charge is 0.219 e. The van der Waals surface area contributed by atoms with Gasteiger partial charge in [-0.1, -0.05) is 0 Å². The van der Waals surface area contributed by atoms with Gasteiger partial charge in [0.05, 0.1) is 6.10 Å². The minimum absolute atomic E-state index is 0.134. The van der Waals surface area contributed by atoms with Crippen LogP contribution < -0.4 is 0 Å². The summed E-state index contributed by atoms with van der Waals surface area (Å²) in [6, 6.07) is 0. The molecule has 1 unspecified atom stereocenters. The second kappa shape index (κ2) is 6.30. The number of halogens is 1. The molecule has 1 atom stereocenters. The largest absolute Gasteiger partial charge is 0.391 e. The van der Waals surface area contributed by atoms with Crippen LogP contribution in [0.15, 0.2) is 0 Å².